The van der Waals surface area contributed by atoms with E-state index in [0.717, 1.165) is 50.4 Å². The first-order chi connectivity index (χ1) is 12.1. The fourth-order valence-corrected chi connectivity index (χ4v) is 4.06. The van der Waals surface area contributed by atoms with Crippen LogP contribution in [-0.2, 0) is 30.9 Å². The lowest BCUT2D eigenvalue weighted by atomic mass is 9.89. The van der Waals surface area contributed by atoms with Gasteiger partial charge in [-0.3, -0.25) is 0 Å². The summed E-state index contributed by atoms with van der Waals surface area (Å²) in [5.41, 5.74) is 5.53. The quantitative estimate of drug-likeness (QED) is 0.803. The highest BCUT2D eigenvalue weighted by atomic mass is 16.5. The van der Waals surface area contributed by atoms with Gasteiger partial charge < -0.3 is 9.84 Å². The van der Waals surface area contributed by atoms with E-state index in [9.17, 15) is 5.11 Å². The highest BCUT2D eigenvalue weighted by Crippen LogP contribution is 2.33. The van der Waals surface area contributed by atoms with Crippen molar-refractivity contribution in [3.8, 4) is 0 Å². The number of imidazole rings is 1. The third kappa shape index (κ3) is 3.45. The maximum absolute atomic E-state index is 9.97. The molecule has 0 spiro atoms. The molecule has 0 fully saturated rings. The van der Waals surface area contributed by atoms with Crippen LogP contribution in [0.4, 0.5) is 0 Å². The minimum Gasteiger partial charge on any atom is -0.501 e. The van der Waals surface area contributed by atoms with Crippen LogP contribution in [0.3, 0.4) is 0 Å². The van der Waals surface area contributed by atoms with Gasteiger partial charge in [-0.1, -0.05) is 19.9 Å². The van der Waals surface area contributed by atoms with E-state index in [1.807, 2.05) is 0 Å². The lowest BCUT2D eigenvalue weighted by molar-refractivity contribution is -0.704. The van der Waals surface area contributed by atoms with Crippen molar-refractivity contribution in [1.29, 1.82) is 0 Å². The molecule has 2 aliphatic rings. The summed E-state index contributed by atoms with van der Waals surface area (Å²) in [6.45, 7) is 8.59. The van der Waals surface area contributed by atoms with Gasteiger partial charge in [0.25, 0.3) is 5.82 Å². The first-order valence-corrected chi connectivity index (χ1v) is 9.48. The summed E-state index contributed by atoms with van der Waals surface area (Å²) in [5.74, 6) is 2.67. The number of hydrogen-bond donors (Lipinski definition) is 1. The van der Waals surface area contributed by atoms with Crippen LogP contribution in [0.15, 0.2) is 29.1 Å². The maximum Gasteiger partial charge on any atom is 0.283 e. The molecular weight excluding hydrogens is 312 g/mol. The van der Waals surface area contributed by atoms with Crippen LogP contribution in [0.5, 0.6) is 0 Å². The SMILES string of the molecule is CC[n+]1c2c(n(CC(C)C)c1CO)CCC(C1=CC=C(OC)CC1)=C2. The monoisotopic (exact) mass is 343 g/mol. The summed E-state index contributed by atoms with van der Waals surface area (Å²) in [4.78, 5) is 0. The Kier molecular flexibility index (Phi) is 5.48. The summed E-state index contributed by atoms with van der Waals surface area (Å²) in [5, 5.41) is 9.97. The number of methoxy groups -OCH3 is 1. The van der Waals surface area contributed by atoms with Gasteiger partial charge in [0.1, 0.15) is 6.61 Å². The van der Waals surface area contributed by atoms with Crippen LogP contribution in [0, 0.1) is 5.92 Å². The predicted molar refractivity (Wildman–Crippen MR) is 99.8 cm³/mol. The Hall–Kier alpha value is -1.81. The average molecular weight is 343 g/mol. The maximum atomic E-state index is 9.97. The molecule has 3 rings (SSSR count). The minimum atomic E-state index is 0.0966. The Balaban J connectivity index is 2.02. The summed E-state index contributed by atoms with van der Waals surface area (Å²) < 4.78 is 10.00. The third-order valence-corrected chi connectivity index (χ3v) is 5.27. The number of fused-ring (bicyclic) bond motifs is 1. The number of hydrogen-bond acceptors (Lipinski definition) is 2. The normalized spacial score (nSPS) is 17.1. The summed E-state index contributed by atoms with van der Waals surface area (Å²) in [6.07, 6.45) is 10.8. The van der Waals surface area contributed by atoms with E-state index >= 15 is 0 Å². The van der Waals surface area contributed by atoms with Crippen molar-refractivity contribution in [3.05, 3.63) is 46.3 Å². The van der Waals surface area contributed by atoms with Crippen LogP contribution < -0.4 is 4.57 Å². The van der Waals surface area contributed by atoms with Gasteiger partial charge in [-0.2, -0.15) is 0 Å². The predicted octanol–water partition coefficient (Wildman–Crippen LogP) is 3.52. The van der Waals surface area contributed by atoms with Gasteiger partial charge in [-0.05, 0) is 49.0 Å². The first kappa shape index (κ1) is 18.0. The Morgan fingerprint density at radius 2 is 1.92 bits per heavy atom. The molecule has 2 aliphatic carbocycles. The number of ether oxygens (including phenoxy) is 1. The molecule has 1 aromatic heterocycles. The summed E-state index contributed by atoms with van der Waals surface area (Å²) in [6, 6.07) is 0. The number of aromatic nitrogens is 2. The van der Waals surface area contributed by atoms with Crippen molar-refractivity contribution in [2.24, 2.45) is 5.92 Å². The molecule has 0 saturated carbocycles. The first-order valence-electron chi connectivity index (χ1n) is 9.48. The molecule has 0 unspecified atom stereocenters. The molecule has 136 valence electrons. The topological polar surface area (TPSA) is 38.3 Å². The summed E-state index contributed by atoms with van der Waals surface area (Å²) >= 11 is 0. The van der Waals surface area contributed by atoms with Crippen LogP contribution in [0.25, 0.3) is 6.08 Å². The second-order valence-electron chi connectivity index (χ2n) is 7.35. The number of aliphatic hydroxyl groups is 1. The van der Waals surface area contributed by atoms with Crippen molar-refractivity contribution < 1.29 is 14.4 Å². The molecule has 0 amide bonds. The highest BCUT2D eigenvalue weighted by molar-refractivity contribution is 5.59. The zero-order chi connectivity index (χ0) is 18.0. The molecule has 4 nitrogen and oxygen atoms in total. The van der Waals surface area contributed by atoms with Crippen molar-refractivity contribution in [1.82, 2.24) is 4.57 Å². The van der Waals surface area contributed by atoms with Gasteiger partial charge >= 0.3 is 0 Å². The zero-order valence-corrected chi connectivity index (χ0v) is 16.0. The molecule has 25 heavy (non-hydrogen) atoms. The van der Waals surface area contributed by atoms with Crippen LogP contribution >= 0.6 is 0 Å². The smallest absolute Gasteiger partial charge is 0.283 e. The highest BCUT2D eigenvalue weighted by Gasteiger charge is 2.31. The van der Waals surface area contributed by atoms with E-state index < -0.39 is 0 Å². The molecule has 1 heterocycles. The van der Waals surface area contributed by atoms with E-state index in [1.54, 1.807) is 7.11 Å². The average Bonchev–Trinajstić information content (AvgIpc) is 2.93. The molecule has 1 aromatic rings. The number of allylic oxidation sites excluding steroid dienone is 5. The second kappa shape index (κ2) is 7.61. The standard InChI is InChI=1S/C21H31N2O2/c1-5-22-20-12-17(16-6-9-18(25-4)10-7-16)8-11-19(20)23(13-15(2)3)21(22)14-24/h6,9,12,15,24H,5,7-8,10-11,13-14H2,1-4H3/q+1. The Bertz CT molecular complexity index is 736. The number of nitrogens with zero attached hydrogens (tertiary/aromatic N) is 2. The van der Waals surface area contributed by atoms with Crippen molar-refractivity contribution >= 4 is 6.08 Å². The molecule has 0 bridgehead atoms. The van der Waals surface area contributed by atoms with E-state index in [1.165, 1.54) is 22.5 Å². The molecule has 1 N–H and O–H groups in total. The van der Waals surface area contributed by atoms with Gasteiger partial charge in [-0.15, -0.1) is 0 Å². The van der Waals surface area contributed by atoms with Gasteiger partial charge in [-0.25, -0.2) is 9.13 Å². The fourth-order valence-electron chi connectivity index (χ4n) is 4.06. The lowest BCUT2D eigenvalue weighted by Gasteiger charge is -2.19. The number of rotatable bonds is 6. The molecule has 0 aromatic carbocycles. The van der Waals surface area contributed by atoms with E-state index in [2.05, 4.69) is 48.1 Å². The van der Waals surface area contributed by atoms with Gasteiger partial charge in [0.2, 0.25) is 0 Å². The molecule has 0 atom stereocenters. The third-order valence-electron chi connectivity index (χ3n) is 5.27. The Morgan fingerprint density at radius 3 is 2.48 bits per heavy atom. The molecular formula is C21H31N2O2+. The molecule has 0 radical (unpaired) electrons. The van der Waals surface area contributed by atoms with Gasteiger partial charge in [0.05, 0.1) is 26.0 Å². The lowest BCUT2D eigenvalue weighted by Crippen LogP contribution is -2.39. The largest absolute Gasteiger partial charge is 0.501 e. The summed E-state index contributed by atoms with van der Waals surface area (Å²) in [7, 11) is 1.74. The van der Waals surface area contributed by atoms with Gasteiger partial charge in [0, 0.05) is 12.8 Å². The molecule has 0 aliphatic heterocycles. The Morgan fingerprint density at radius 1 is 1.16 bits per heavy atom. The van der Waals surface area contributed by atoms with Crippen molar-refractivity contribution in [2.45, 2.75) is 66.2 Å². The van der Waals surface area contributed by atoms with Crippen LogP contribution in [0.2, 0.25) is 0 Å². The molecule has 0 saturated heterocycles. The Labute approximate surface area is 151 Å². The number of aliphatic hydroxyl groups excluding tert-OH is 1. The van der Waals surface area contributed by atoms with E-state index in [0.29, 0.717) is 5.92 Å². The van der Waals surface area contributed by atoms with E-state index in [-0.39, 0.29) is 6.61 Å². The van der Waals surface area contributed by atoms with Crippen molar-refractivity contribution in [2.75, 3.05) is 7.11 Å². The zero-order valence-electron chi connectivity index (χ0n) is 16.0. The van der Waals surface area contributed by atoms with Crippen molar-refractivity contribution in [3.63, 3.8) is 0 Å². The van der Waals surface area contributed by atoms with Gasteiger partial charge in [0.15, 0.2) is 11.4 Å². The van der Waals surface area contributed by atoms with E-state index in [4.69, 9.17) is 4.74 Å². The second-order valence-corrected chi connectivity index (χ2v) is 7.35. The van der Waals surface area contributed by atoms with Crippen LogP contribution in [-0.4, -0.2) is 16.8 Å². The van der Waals surface area contributed by atoms with Crippen LogP contribution in [0.1, 0.15) is 57.2 Å². The molecule has 4 heteroatoms. The fraction of sp³-hybridized carbons (Fsp3) is 0.571. The minimum absolute atomic E-state index is 0.0966.